The maximum atomic E-state index is 12.9. The molecule has 0 aliphatic heterocycles. The van der Waals surface area contributed by atoms with Crippen LogP contribution in [0.15, 0.2) is 53.3 Å². The summed E-state index contributed by atoms with van der Waals surface area (Å²) >= 11 is 0. The highest BCUT2D eigenvalue weighted by Crippen LogP contribution is 2.19. The predicted octanol–water partition coefficient (Wildman–Crippen LogP) is 2.62. The molecular formula is C21H21FN4O3. The molecule has 7 nitrogen and oxygen atoms in total. The molecule has 0 saturated carbocycles. The van der Waals surface area contributed by atoms with Crippen molar-refractivity contribution in [3.05, 3.63) is 76.0 Å². The van der Waals surface area contributed by atoms with Gasteiger partial charge < -0.3 is 15.0 Å². The highest BCUT2D eigenvalue weighted by molar-refractivity contribution is 5.76. The second-order valence-corrected chi connectivity index (χ2v) is 6.31. The molecule has 1 amide bonds. The molecule has 0 aliphatic rings. The fraction of sp³-hybridized carbons (Fsp3) is 0.238. The molecule has 0 bridgehead atoms. The van der Waals surface area contributed by atoms with Crippen LogP contribution in [0.1, 0.15) is 24.6 Å². The summed E-state index contributed by atoms with van der Waals surface area (Å²) < 4.78 is 18.3. The number of ether oxygens (including phenoxy) is 1. The average Bonchev–Trinajstić information content (AvgIpc) is 2.73. The van der Waals surface area contributed by atoms with E-state index in [9.17, 15) is 14.0 Å². The Morgan fingerprint density at radius 2 is 1.97 bits per heavy atom. The summed E-state index contributed by atoms with van der Waals surface area (Å²) in [4.78, 5) is 27.0. The molecule has 0 radical (unpaired) electrons. The van der Waals surface area contributed by atoms with Gasteiger partial charge in [-0.2, -0.15) is 0 Å². The molecule has 3 aromatic rings. The van der Waals surface area contributed by atoms with Gasteiger partial charge in [-0.1, -0.05) is 24.3 Å². The van der Waals surface area contributed by atoms with Crippen LogP contribution in [0.4, 0.5) is 4.39 Å². The van der Waals surface area contributed by atoms with E-state index in [1.807, 2.05) is 13.0 Å². The van der Waals surface area contributed by atoms with Gasteiger partial charge in [0, 0.05) is 24.9 Å². The van der Waals surface area contributed by atoms with Crippen LogP contribution in [0.5, 0.6) is 5.75 Å². The van der Waals surface area contributed by atoms with Gasteiger partial charge >= 0.3 is 0 Å². The van der Waals surface area contributed by atoms with Crippen molar-refractivity contribution in [2.24, 2.45) is 0 Å². The van der Waals surface area contributed by atoms with Gasteiger partial charge in [0.05, 0.1) is 6.61 Å². The first-order valence-corrected chi connectivity index (χ1v) is 9.25. The Kier molecular flexibility index (Phi) is 6.67. The van der Waals surface area contributed by atoms with Crippen LogP contribution in [0.2, 0.25) is 0 Å². The van der Waals surface area contributed by atoms with E-state index >= 15 is 0 Å². The lowest BCUT2D eigenvalue weighted by atomic mass is 10.2. The third-order valence-electron chi connectivity index (χ3n) is 4.18. The van der Waals surface area contributed by atoms with E-state index < -0.39 is 0 Å². The van der Waals surface area contributed by atoms with Crippen molar-refractivity contribution in [3.63, 3.8) is 0 Å². The first-order chi connectivity index (χ1) is 14.0. The Morgan fingerprint density at radius 1 is 1.17 bits per heavy atom. The number of carbonyl (C=O) groups excluding carboxylic acids is 1. The largest absolute Gasteiger partial charge is 0.494 e. The van der Waals surface area contributed by atoms with Crippen molar-refractivity contribution in [1.82, 2.24) is 20.5 Å². The lowest BCUT2D eigenvalue weighted by Gasteiger charge is -2.06. The molecule has 8 heteroatoms. The molecule has 29 heavy (non-hydrogen) atoms. The summed E-state index contributed by atoms with van der Waals surface area (Å²) in [5, 5.41) is 10.8. The third kappa shape index (κ3) is 5.71. The van der Waals surface area contributed by atoms with Gasteiger partial charge in [0.15, 0.2) is 5.82 Å². The summed E-state index contributed by atoms with van der Waals surface area (Å²) in [6.45, 7) is 2.71. The molecule has 0 aliphatic carbocycles. The molecule has 0 fully saturated rings. The number of hydrogen-bond donors (Lipinski definition) is 2. The Bertz CT molecular complexity index is 1030. The zero-order valence-electron chi connectivity index (χ0n) is 15.9. The van der Waals surface area contributed by atoms with Crippen molar-refractivity contribution in [2.75, 3.05) is 6.61 Å². The number of benzene rings is 2. The van der Waals surface area contributed by atoms with Gasteiger partial charge in [0.1, 0.15) is 17.3 Å². The molecule has 2 N–H and O–H groups in total. The Hall–Kier alpha value is -3.55. The predicted molar refractivity (Wildman–Crippen MR) is 106 cm³/mol. The fourth-order valence-corrected chi connectivity index (χ4v) is 2.68. The number of H-pyrrole nitrogens is 1. The van der Waals surface area contributed by atoms with E-state index in [1.54, 1.807) is 30.3 Å². The SMILES string of the molecule is CCOc1cccc(-c2nnc(CCC(=O)NCc3ccc(F)cc3)c(=O)[nH]2)c1. The second-order valence-electron chi connectivity index (χ2n) is 6.31. The molecule has 2 aromatic carbocycles. The Balaban J connectivity index is 1.57. The lowest BCUT2D eigenvalue weighted by molar-refractivity contribution is -0.121. The summed E-state index contributed by atoms with van der Waals surface area (Å²) in [5.74, 6) is 0.450. The van der Waals surface area contributed by atoms with Crippen LogP contribution in [-0.4, -0.2) is 27.7 Å². The molecule has 3 rings (SSSR count). The van der Waals surface area contributed by atoms with Crippen molar-refractivity contribution in [1.29, 1.82) is 0 Å². The number of nitrogens with one attached hydrogen (secondary N) is 2. The van der Waals surface area contributed by atoms with Crippen LogP contribution in [0.3, 0.4) is 0 Å². The standard InChI is InChI=1S/C21H21FN4O3/c1-2-29-17-5-3-4-15(12-17)20-24-21(28)18(25-26-20)10-11-19(27)23-13-14-6-8-16(22)9-7-14/h3-9,12H,2,10-11,13H2,1H3,(H,23,27)(H,24,26,28). The molecule has 0 saturated heterocycles. The Labute approximate surface area is 167 Å². The van der Waals surface area contributed by atoms with Gasteiger partial charge in [-0.3, -0.25) is 9.59 Å². The molecule has 1 heterocycles. The zero-order valence-corrected chi connectivity index (χ0v) is 15.9. The molecule has 0 spiro atoms. The monoisotopic (exact) mass is 396 g/mol. The Morgan fingerprint density at radius 3 is 2.69 bits per heavy atom. The smallest absolute Gasteiger partial charge is 0.273 e. The highest BCUT2D eigenvalue weighted by atomic mass is 19.1. The van der Waals surface area contributed by atoms with Crippen LogP contribution in [-0.2, 0) is 17.8 Å². The van der Waals surface area contributed by atoms with E-state index in [-0.39, 0.29) is 42.4 Å². The normalized spacial score (nSPS) is 10.6. The average molecular weight is 396 g/mol. The van der Waals surface area contributed by atoms with Crippen molar-refractivity contribution in [2.45, 2.75) is 26.3 Å². The fourth-order valence-electron chi connectivity index (χ4n) is 2.68. The minimum atomic E-state index is -0.386. The number of halogens is 1. The van der Waals surface area contributed by atoms with Crippen LogP contribution in [0, 0.1) is 5.82 Å². The van der Waals surface area contributed by atoms with Gasteiger partial charge in [-0.25, -0.2) is 4.39 Å². The van der Waals surface area contributed by atoms with E-state index in [1.165, 1.54) is 12.1 Å². The molecule has 0 unspecified atom stereocenters. The van der Waals surface area contributed by atoms with E-state index in [0.717, 1.165) is 5.56 Å². The van der Waals surface area contributed by atoms with Gasteiger partial charge in [-0.15, -0.1) is 10.2 Å². The second kappa shape index (κ2) is 9.59. The molecule has 1 aromatic heterocycles. The maximum absolute atomic E-state index is 12.9. The van der Waals surface area contributed by atoms with Crippen molar-refractivity contribution < 1.29 is 13.9 Å². The molecular weight excluding hydrogens is 375 g/mol. The van der Waals surface area contributed by atoms with Gasteiger partial charge in [0.2, 0.25) is 5.91 Å². The zero-order chi connectivity index (χ0) is 20.6. The first-order valence-electron chi connectivity index (χ1n) is 9.25. The summed E-state index contributed by atoms with van der Waals surface area (Å²) in [7, 11) is 0. The van der Waals surface area contributed by atoms with Gasteiger partial charge in [0.25, 0.3) is 5.56 Å². The third-order valence-corrected chi connectivity index (χ3v) is 4.18. The van der Waals surface area contributed by atoms with Crippen LogP contribution >= 0.6 is 0 Å². The number of aromatic amines is 1. The van der Waals surface area contributed by atoms with Crippen LogP contribution in [0.25, 0.3) is 11.4 Å². The number of aromatic nitrogens is 3. The number of carbonyl (C=O) groups is 1. The van der Waals surface area contributed by atoms with E-state index in [0.29, 0.717) is 23.7 Å². The number of amides is 1. The van der Waals surface area contributed by atoms with Crippen molar-refractivity contribution >= 4 is 5.91 Å². The minimum absolute atomic E-state index is 0.0954. The molecule has 0 atom stereocenters. The number of nitrogens with zero attached hydrogens (tertiary/aromatic N) is 2. The van der Waals surface area contributed by atoms with Crippen molar-refractivity contribution in [3.8, 4) is 17.1 Å². The summed E-state index contributed by atoms with van der Waals surface area (Å²) in [6.07, 6.45) is 0.259. The lowest BCUT2D eigenvalue weighted by Crippen LogP contribution is -2.25. The number of hydrogen-bond acceptors (Lipinski definition) is 5. The summed E-state index contributed by atoms with van der Waals surface area (Å²) in [5.41, 5.74) is 1.27. The quantitative estimate of drug-likeness (QED) is 0.610. The van der Waals surface area contributed by atoms with Gasteiger partial charge in [-0.05, 0) is 36.8 Å². The highest BCUT2D eigenvalue weighted by Gasteiger charge is 2.10. The molecule has 150 valence electrons. The minimum Gasteiger partial charge on any atom is -0.494 e. The first kappa shape index (κ1) is 20.2. The topological polar surface area (TPSA) is 97.0 Å². The van der Waals surface area contributed by atoms with E-state index in [4.69, 9.17) is 4.74 Å². The number of rotatable bonds is 8. The van der Waals surface area contributed by atoms with Crippen LogP contribution < -0.4 is 15.6 Å². The maximum Gasteiger partial charge on any atom is 0.273 e. The van der Waals surface area contributed by atoms with E-state index in [2.05, 4.69) is 20.5 Å². The summed E-state index contributed by atoms with van der Waals surface area (Å²) in [6, 6.07) is 13.1. The number of aryl methyl sites for hydroxylation is 1.